The van der Waals surface area contributed by atoms with E-state index in [4.69, 9.17) is 4.42 Å². The molecule has 1 N–H and O–H groups in total. The van der Waals surface area contributed by atoms with E-state index < -0.39 is 0 Å². The van der Waals surface area contributed by atoms with E-state index in [1.807, 2.05) is 32.2 Å². The van der Waals surface area contributed by atoms with Gasteiger partial charge in [-0.3, -0.25) is 4.57 Å². The molecule has 0 spiro atoms. The second-order valence-electron chi connectivity index (χ2n) is 4.09. The summed E-state index contributed by atoms with van der Waals surface area (Å²) in [6.45, 7) is 4.69. The molecule has 1 heterocycles. The molecule has 0 bridgehead atoms. The molecular weight excluding hydrogens is 216 g/mol. The van der Waals surface area contributed by atoms with Gasteiger partial charge in [0.25, 0.3) is 0 Å². The Bertz CT molecular complexity index is 564. The molecule has 2 rings (SSSR count). The Balaban J connectivity index is 2.55. The predicted molar refractivity (Wildman–Crippen MR) is 68.2 cm³/mol. The zero-order valence-electron chi connectivity index (χ0n) is 10.5. The largest absolute Gasteiger partial charge is 0.419 e. The molecule has 4 heteroatoms. The highest BCUT2D eigenvalue weighted by Gasteiger charge is 2.11. The zero-order chi connectivity index (χ0) is 12.4. The second-order valence-corrected chi connectivity index (χ2v) is 4.09. The molecule has 92 valence electrons. The molecule has 4 nitrogen and oxygen atoms in total. The molecule has 1 aromatic heterocycles. The fraction of sp³-hybridized carbons (Fsp3) is 0.462. The molecule has 0 fully saturated rings. The van der Waals surface area contributed by atoms with Crippen molar-refractivity contribution in [3.8, 4) is 0 Å². The molecule has 17 heavy (non-hydrogen) atoms. The molecule has 2 aromatic rings. The molecule has 1 atom stereocenters. The van der Waals surface area contributed by atoms with Crippen molar-refractivity contribution in [1.82, 2.24) is 9.88 Å². The van der Waals surface area contributed by atoms with Crippen molar-refractivity contribution in [1.29, 1.82) is 0 Å². The number of fused-ring (bicyclic) bond motifs is 1. The van der Waals surface area contributed by atoms with E-state index in [2.05, 4.69) is 12.2 Å². The van der Waals surface area contributed by atoms with Gasteiger partial charge in [-0.15, -0.1) is 0 Å². The number of aryl methyl sites for hydroxylation is 1. The SMILES string of the molecule is CCC(NC)c1ccc2c(c1)oc(=O)n2CC. The van der Waals surface area contributed by atoms with Crippen LogP contribution in [0, 0.1) is 0 Å². The molecule has 0 radical (unpaired) electrons. The van der Waals surface area contributed by atoms with Crippen LogP contribution in [0.5, 0.6) is 0 Å². The van der Waals surface area contributed by atoms with Crippen LogP contribution in [-0.2, 0) is 6.54 Å². The summed E-state index contributed by atoms with van der Waals surface area (Å²) in [6.07, 6.45) is 1.00. The lowest BCUT2D eigenvalue weighted by atomic mass is 10.0. The third-order valence-electron chi connectivity index (χ3n) is 3.17. The highest BCUT2D eigenvalue weighted by Crippen LogP contribution is 2.21. The summed E-state index contributed by atoms with van der Waals surface area (Å²) in [5.74, 6) is -0.280. The standard InChI is InChI=1S/C13H18N2O2/c1-4-10(14-3)9-6-7-11-12(8-9)17-13(16)15(11)5-2/h6-8,10,14H,4-5H2,1-3H3. The normalized spacial score (nSPS) is 13.1. The van der Waals surface area contributed by atoms with E-state index in [0.717, 1.165) is 17.5 Å². The lowest BCUT2D eigenvalue weighted by Gasteiger charge is -2.13. The van der Waals surface area contributed by atoms with Crippen LogP contribution >= 0.6 is 0 Å². The summed E-state index contributed by atoms with van der Waals surface area (Å²) >= 11 is 0. The van der Waals surface area contributed by atoms with Gasteiger partial charge in [-0.25, -0.2) is 4.79 Å². The van der Waals surface area contributed by atoms with Crippen LogP contribution in [0.25, 0.3) is 11.1 Å². The maximum Gasteiger partial charge on any atom is 0.419 e. The lowest BCUT2D eigenvalue weighted by molar-refractivity contribution is 0.512. The van der Waals surface area contributed by atoms with E-state index in [-0.39, 0.29) is 5.76 Å². The first-order valence-corrected chi connectivity index (χ1v) is 6.01. The number of aromatic nitrogens is 1. The Morgan fingerprint density at radius 1 is 1.41 bits per heavy atom. The number of nitrogens with zero attached hydrogens (tertiary/aromatic N) is 1. The van der Waals surface area contributed by atoms with Crippen molar-refractivity contribution in [2.45, 2.75) is 32.9 Å². The Labute approximate surface area is 100 Å². The number of oxazole rings is 1. The van der Waals surface area contributed by atoms with E-state index in [1.54, 1.807) is 4.57 Å². The molecule has 0 saturated heterocycles. The van der Waals surface area contributed by atoms with Gasteiger partial charge in [-0.1, -0.05) is 13.0 Å². The number of nitrogens with one attached hydrogen (secondary N) is 1. The van der Waals surface area contributed by atoms with Crippen molar-refractivity contribution in [3.05, 3.63) is 34.3 Å². The first-order valence-electron chi connectivity index (χ1n) is 6.01. The minimum absolute atomic E-state index is 0.280. The first kappa shape index (κ1) is 11.9. The number of benzene rings is 1. The number of hydrogen-bond donors (Lipinski definition) is 1. The fourth-order valence-corrected chi connectivity index (χ4v) is 2.21. The first-order chi connectivity index (χ1) is 8.21. The summed E-state index contributed by atoms with van der Waals surface area (Å²) in [7, 11) is 1.94. The predicted octanol–water partition coefficient (Wildman–Crippen LogP) is 2.28. The van der Waals surface area contributed by atoms with Crippen LogP contribution in [0.3, 0.4) is 0 Å². The van der Waals surface area contributed by atoms with Gasteiger partial charge in [-0.05, 0) is 38.1 Å². The Kier molecular flexibility index (Phi) is 3.33. The summed E-state index contributed by atoms with van der Waals surface area (Å²) in [6, 6.07) is 6.26. The van der Waals surface area contributed by atoms with Crippen LogP contribution in [-0.4, -0.2) is 11.6 Å². The minimum Gasteiger partial charge on any atom is -0.408 e. The molecule has 0 aliphatic rings. The van der Waals surface area contributed by atoms with Crippen LogP contribution in [0.2, 0.25) is 0 Å². The smallest absolute Gasteiger partial charge is 0.408 e. The third-order valence-corrected chi connectivity index (χ3v) is 3.17. The minimum atomic E-state index is -0.280. The zero-order valence-corrected chi connectivity index (χ0v) is 10.5. The summed E-state index contributed by atoms with van der Waals surface area (Å²) in [4.78, 5) is 11.6. The Morgan fingerprint density at radius 3 is 2.76 bits per heavy atom. The van der Waals surface area contributed by atoms with E-state index in [1.165, 1.54) is 0 Å². The van der Waals surface area contributed by atoms with E-state index in [9.17, 15) is 4.79 Å². The summed E-state index contributed by atoms with van der Waals surface area (Å²) < 4.78 is 6.89. The maximum absolute atomic E-state index is 11.6. The van der Waals surface area contributed by atoms with Gasteiger partial charge in [0, 0.05) is 12.6 Å². The van der Waals surface area contributed by atoms with Crippen molar-refractivity contribution < 1.29 is 4.42 Å². The van der Waals surface area contributed by atoms with Gasteiger partial charge in [0.15, 0.2) is 5.58 Å². The molecule has 1 aromatic carbocycles. The van der Waals surface area contributed by atoms with Crippen molar-refractivity contribution in [2.24, 2.45) is 0 Å². The molecule has 0 aliphatic heterocycles. The highest BCUT2D eigenvalue weighted by atomic mass is 16.4. The topological polar surface area (TPSA) is 47.2 Å². The van der Waals surface area contributed by atoms with Crippen molar-refractivity contribution >= 4 is 11.1 Å². The lowest BCUT2D eigenvalue weighted by Crippen LogP contribution is -2.15. The fourth-order valence-electron chi connectivity index (χ4n) is 2.21. The maximum atomic E-state index is 11.6. The molecule has 1 unspecified atom stereocenters. The van der Waals surface area contributed by atoms with Gasteiger partial charge in [0.2, 0.25) is 0 Å². The summed E-state index contributed by atoms with van der Waals surface area (Å²) in [5.41, 5.74) is 2.69. The Hall–Kier alpha value is -1.55. The van der Waals surface area contributed by atoms with Crippen LogP contribution in [0.4, 0.5) is 0 Å². The van der Waals surface area contributed by atoms with Gasteiger partial charge >= 0.3 is 5.76 Å². The van der Waals surface area contributed by atoms with E-state index >= 15 is 0 Å². The van der Waals surface area contributed by atoms with E-state index in [0.29, 0.717) is 18.2 Å². The van der Waals surface area contributed by atoms with Crippen LogP contribution in [0.15, 0.2) is 27.4 Å². The average Bonchev–Trinajstić information content (AvgIpc) is 2.65. The van der Waals surface area contributed by atoms with Crippen molar-refractivity contribution in [3.63, 3.8) is 0 Å². The molecular formula is C13H18N2O2. The van der Waals surface area contributed by atoms with Crippen LogP contribution in [0.1, 0.15) is 31.9 Å². The molecule has 0 aliphatic carbocycles. The van der Waals surface area contributed by atoms with Gasteiger partial charge in [0.05, 0.1) is 5.52 Å². The van der Waals surface area contributed by atoms with Gasteiger partial charge in [-0.2, -0.15) is 0 Å². The highest BCUT2D eigenvalue weighted by molar-refractivity contribution is 5.73. The quantitative estimate of drug-likeness (QED) is 0.882. The van der Waals surface area contributed by atoms with Gasteiger partial charge in [0.1, 0.15) is 0 Å². The number of hydrogen-bond acceptors (Lipinski definition) is 3. The van der Waals surface area contributed by atoms with Crippen LogP contribution < -0.4 is 11.1 Å². The molecule has 0 amide bonds. The molecule has 0 saturated carbocycles. The average molecular weight is 234 g/mol. The van der Waals surface area contributed by atoms with Gasteiger partial charge < -0.3 is 9.73 Å². The monoisotopic (exact) mass is 234 g/mol. The third kappa shape index (κ3) is 2.00. The van der Waals surface area contributed by atoms with Crippen molar-refractivity contribution in [2.75, 3.05) is 7.05 Å². The Morgan fingerprint density at radius 2 is 2.18 bits per heavy atom. The number of rotatable bonds is 4. The summed E-state index contributed by atoms with van der Waals surface area (Å²) in [5, 5.41) is 3.24. The second kappa shape index (κ2) is 4.75.